The number of carbonyl (C=O) groups is 1. The standard InChI is InChI=1S/C18H23NO4/c1-3-19(2)13-8-10-4-5-11(9-20)16-14(10)15-17(23-16)12(21)6-7-18(13,15)22/h4-5,13,15,17,20,22H,3,6-9H2,1-2H3/t13?,15?,17-,18+/m0/s1. The summed E-state index contributed by atoms with van der Waals surface area (Å²) in [5, 5.41) is 21.1. The Morgan fingerprint density at radius 2 is 2.22 bits per heavy atom. The summed E-state index contributed by atoms with van der Waals surface area (Å²) in [7, 11) is 2.03. The third kappa shape index (κ3) is 1.87. The molecule has 5 heteroatoms. The molecule has 3 aliphatic rings. The fourth-order valence-corrected chi connectivity index (χ4v) is 4.72. The van der Waals surface area contributed by atoms with Gasteiger partial charge in [-0.1, -0.05) is 19.1 Å². The minimum atomic E-state index is -0.949. The fraction of sp³-hybridized carbons (Fsp3) is 0.611. The molecule has 1 fully saturated rings. The van der Waals surface area contributed by atoms with E-state index in [2.05, 4.69) is 11.8 Å². The average molecular weight is 317 g/mol. The number of ether oxygens (including phenoxy) is 1. The molecule has 2 unspecified atom stereocenters. The molecule has 4 atom stereocenters. The molecule has 1 saturated carbocycles. The van der Waals surface area contributed by atoms with Crippen molar-refractivity contribution in [1.29, 1.82) is 0 Å². The maximum Gasteiger partial charge on any atom is 0.174 e. The van der Waals surface area contributed by atoms with Gasteiger partial charge in [0.1, 0.15) is 5.75 Å². The molecular formula is C18H23NO4. The van der Waals surface area contributed by atoms with E-state index in [1.165, 1.54) is 0 Å². The van der Waals surface area contributed by atoms with E-state index in [0.717, 1.165) is 24.1 Å². The van der Waals surface area contributed by atoms with Crippen LogP contribution in [0.2, 0.25) is 0 Å². The zero-order chi connectivity index (χ0) is 16.4. The number of likely N-dealkylation sites (N-methyl/N-ethyl adjacent to an activating group) is 1. The number of benzene rings is 1. The van der Waals surface area contributed by atoms with Crippen molar-refractivity contribution in [2.24, 2.45) is 0 Å². The summed E-state index contributed by atoms with van der Waals surface area (Å²) < 4.78 is 5.98. The zero-order valence-corrected chi connectivity index (χ0v) is 13.6. The van der Waals surface area contributed by atoms with Crippen LogP contribution in [0.5, 0.6) is 5.75 Å². The van der Waals surface area contributed by atoms with Gasteiger partial charge in [-0.15, -0.1) is 0 Å². The lowest BCUT2D eigenvalue weighted by atomic mass is 9.61. The van der Waals surface area contributed by atoms with E-state index in [0.29, 0.717) is 24.2 Å². The van der Waals surface area contributed by atoms with Crippen molar-refractivity contribution < 1.29 is 19.7 Å². The largest absolute Gasteiger partial charge is 0.481 e. The molecule has 1 aromatic carbocycles. The second-order valence-electron chi connectivity index (χ2n) is 7.05. The molecule has 0 bridgehead atoms. The van der Waals surface area contributed by atoms with Gasteiger partial charge in [-0.25, -0.2) is 0 Å². The van der Waals surface area contributed by atoms with Crippen molar-refractivity contribution in [3.63, 3.8) is 0 Å². The average Bonchev–Trinajstić information content (AvgIpc) is 2.97. The van der Waals surface area contributed by atoms with E-state index in [4.69, 9.17) is 4.74 Å². The number of aliphatic hydroxyl groups is 2. The van der Waals surface area contributed by atoms with Crippen LogP contribution in [0, 0.1) is 0 Å². The number of aliphatic hydroxyl groups excluding tert-OH is 1. The first-order chi connectivity index (χ1) is 11.0. The molecule has 1 aromatic rings. The highest BCUT2D eigenvalue weighted by Gasteiger charge is 2.61. The predicted octanol–water partition coefficient (Wildman–Crippen LogP) is 0.994. The molecule has 4 rings (SSSR count). The van der Waals surface area contributed by atoms with Gasteiger partial charge in [0.2, 0.25) is 0 Å². The van der Waals surface area contributed by atoms with Crippen molar-refractivity contribution in [2.75, 3.05) is 13.6 Å². The first-order valence-corrected chi connectivity index (χ1v) is 8.38. The van der Waals surface area contributed by atoms with Crippen LogP contribution >= 0.6 is 0 Å². The van der Waals surface area contributed by atoms with Gasteiger partial charge in [-0.2, -0.15) is 0 Å². The molecule has 0 amide bonds. The van der Waals surface area contributed by atoms with Crippen molar-refractivity contribution in [3.8, 4) is 5.75 Å². The van der Waals surface area contributed by atoms with Crippen LogP contribution in [-0.2, 0) is 17.8 Å². The Bertz CT molecular complexity index is 673. The Balaban J connectivity index is 1.92. The summed E-state index contributed by atoms with van der Waals surface area (Å²) in [6.45, 7) is 2.80. The lowest BCUT2D eigenvalue weighted by molar-refractivity contribution is -0.146. The molecule has 2 aliphatic carbocycles. The highest BCUT2D eigenvalue weighted by molar-refractivity contribution is 5.88. The molecule has 0 spiro atoms. The predicted molar refractivity (Wildman–Crippen MR) is 84.5 cm³/mol. The smallest absolute Gasteiger partial charge is 0.174 e. The lowest BCUT2D eigenvalue weighted by Crippen LogP contribution is -2.63. The SMILES string of the molecule is CCN(C)C1Cc2ccc(CO)c3c2C2[C@@H](O3)C(=O)CC[C@]21O. The van der Waals surface area contributed by atoms with Crippen LogP contribution in [0.15, 0.2) is 12.1 Å². The van der Waals surface area contributed by atoms with Crippen LogP contribution in [0.1, 0.15) is 42.4 Å². The summed E-state index contributed by atoms with van der Waals surface area (Å²) >= 11 is 0. The minimum Gasteiger partial charge on any atom is -0.481 e. The lowest BCUT2D eigenvalue weighted by Gasteiger charge is -2.51. The monoisotopic (exact) mass is 317 g/mol. The van der Waals surface area contributed by atoms with Crippen molar-refractivity contribution in [3.05, 3.63) is 28.8 Å². The van der Waals surface area contributed by atoms with E-state index < -0.39 is 11.7 Å². The second kappa shape index (κ2) is 5.03. The fourth-order valence-electron chi connectivity index (χ4n) is 4.72. The van der Waals surface area contributed by atoms with E-state index in [1.807, 2.05) is 19.2 Å². The minimum absolute atomic E-state index is 0.0184. The van der Waals surface area contributed by atoms with Gasteiger partial charge in [0.25, 0.3) is 0 Å². The third-order valence-electron chi connectivity index (χ3n) is 6.05. The summed E-state index contributed by atoms with van der Waals surface area (Å²) in [6, 6.07) is 3.88. The normalized spacial score (nSPS) is 34.5. The van der Waals surface area contributed by atoms with Crippen LogP contribution in [-0.4, -0.2) is 52.2 Å². The molecule has 1 heterocycles. The first kappa shape index (κ1) is 15.1. The molecule has 0 saturated heterocycles. The van der Waals surface area contributed by atoms with Gasteiger partial charge < -0.3 is 19.8 Å². The third-order valence-corrected chi connectivity index (χ3v) is 6.05. The summed E-state index contributed by atoms with van der Waals surface area (Å²) in [4.78, 5) is 14.6. The molecule has 1 aliphatic heterocycles. The van der Waals surface area contributed by atoms with E-state index >= 15 is 0 Å². The number of ketones is 1. The highest BCUT2D eigenvalue weighted by Crippen LogP contribution is 2.56. The molecule has 5 nitrogen and oxygen atoms in total. The number of Topliss-reactive ketones (excluding diaryl/α,β-unsaturated/α-hetero) is 1. The van der Waals surface area contributed by atoms with Crippen LogP contribution in [0.3, 0.4) is 0 Å². The maximum absolute atomic E-state index is 12.4. The molecular weight excluding hydrogens is 294 g/mol. The van der Waals surface area contributed by atoms with E-state index in [-0.39, 0.29) is 24.3 Å². The summed E-state index contributed by atoms with van der Waals surface area (Å²) in [5.74, 6) is 0.379. The van der Waals surface area contributed by atoms with Gasteiger partial charge in [0, 0.05) is 23.6 Å². The van der Waals surface area contributed by atoms with Crippen molar-refractivity contribution in [2.45, 2.75) is 56.5 Å². The Morgan fingerprint density at radius 1 is 1.43 bits per heavy atom. The number of hydrogen-bond donors (Lipinski definition) is 2. The van der Waals surface area contributed by atoms with Crippen molar-refractivity contribution in [1.82, 2.24) is 4.90 Å². The van der Waals surface area contributed by atoms with Crippen LogP contribution in [0.25, 0.3) is 0 Å². The van der Waals surface area contributed by atoms with Gasteiger partial charge in [-0.3, -0.25) is 4.79 Å². The number of hydrogen-bond acceptors (Lipinski definition) is 5. The topological polar surface area (TPSA) is 70.0 Å². The highest BCUT2D eigenvalue weighted by atomic mass is 16.5. The number of nitrogens with zero attached hydrogens (tertiary/aromatic N) is 1. The van der Waals surface area contributed by atoms with Gasteiger partial charge in [0.15, 0.2) is 11.9 Å². The summed E-state index contributed by atoms with van der Waals surface area (Å²) in [6.07, 6.45) is 0.968. The Hall–Kier alpha value is -1.43. The number of carbonyl (C=O) groups excluding carboxylic acids is 1. The van der Waals surface area contributed by atoms with Gasteiger partial charge in [-0.05, 0) is 32.0 Å². The molecule has 0 radical (unpaired) electrons. The van der Waals surface area contributed by atoms with Crippen LogP contribution < -0.4 is 4.74 Å². The zero-order valence-electron chi connectivity index (χ0n) is 13.6. The van der Waals surface area contributed by atoms with Crippen molar-refractivity contribution >= 4 is 5.78 Å². The Labute approximate surface area is 135 Å². The summed E-state index contributed by atoms with van der Waals surface area (Å²) in [5.41, 5.74) is 1.85. The van der Waals surface area contributed by atoms with E-state index in [1.54, 1.807) is 0 Å². The van der Waals surface area contributed by atoms with Crippen LogP contribution in [0.4, 0.5) is 0 Å². The molecule has 23 heavy (non-hydrogen) atoms. The molecule has 2 N–H and O–H groups in total. The first-order valence-electron chi connectivity index (χ1n) is 8.38. The Kier molecular flexibility index (Phi) is 3.31. The molecule has 0 aromatic heterocycles. The van der Waals surface area contributed by atoms with E-state index in [9.17, 15) is 15.0 Å². The quantitative estimate of drug-likeness (QED) is 0.870. The number of rotatable bonds is 3. The maximum atomic E-state index is 12.4. The Morgan fingerprint density at radius 3 is 2.91 bits per heavy atom. The van der Waals surface area contributed by atoms with Gasteiger partial charge in [0.05, 0.1) is 18.1 Å². The second-order valence-corrected chi connectivity index (χ2v) is 7.05. The van der Waals surface area contributed by atoms with Gasteiger partial charge >= 0.3 is 0 Å². The molecule has 124 valence electrons.